The number of hydrogen-bond acceptors (Lipinski definition) is 3. The molecule has 2 rings (SSSR count). The minimum atomic E-state index is 0.122. The molecule has 5 heteroatoms. The molecule has 0 spiro atoms. The number of carbonyl (C=O) groups is 1. The van der Waals surface area contributed by atoms with E-state index in [-0.39, 0.29) is 5.91 Å². The molecule has 0 N–H and O–H groups in total. The third-order valence-corrected chi connectivity index (χ3v) is 5.07. The molecule has 1 aliphatic heterocycles. The fourth-order valence-electron chi connectivity index (χ4n) is 2.82. The van der Waals surface area contributed by atoms with Gasteiger partial charge in [-0.25, -0.2) is 0 Å². The summed E-state index contributed by atoms with van der Waals surface area (Å²) in [6.45, 7) is 7.14. The van der Waals surface area contributed by atoms with E-state index in [1.807, 2.05) is 41.4 Å². The molecular weight excluding hydrogens is 282 g/mol. The van der Waals surface area contributed by atoms with E-state index in [9.17, 15) is 4.79 Å². The molecule has 1 aromatic rings. The summed E-state index contributed by atoms with van der Waals surface area (Å²) in [6.07, 6.45) is 3.13. The highest BCUT2D eigenvalue weighted by Gasteiger charge is 2.25. The lowest BCUT2D eigenvalue weighted by Crippen LogP contribution is -2.40. The van der Waals surface area contributed by atoms with E-state index in [1.54, 1.807) is 0 Å². The number of carbonyl (C=O) groups excluding carboxylic acids is 1. The Morgan fingerprint density at radius 1 is 1.48 bits per heavy atom. The average Bonchev–Trinajstić information content (AvgIpc) is 2.88. The topological polar surface area (TPSA) is 38.1 Å². The van der Waals surface area contributed by atoms with Crippen molar-refractivity contribution in [1.82, 2.24) is 14.7 Å². The highest BCUT2D eigenvalue weighted by atomic mass is 32.2. The Morgan fingerprint density at radius 3 is 2.71 bits per heavy atom. The zero-order valence-corrected chi connectivity index (χ0v) is 14.4. The molecule has 0 aliphatic carbocycles. The lowest BCUT2D eigenvalue weighted by Gasteiger charge is -2.31. The quantitative estimate of drug-likeness (QED) is 0.839. The maximum atomic E-state index is 12.8. The van der Waals surface area contributed by atoms with E-state index in [4.69, 9.17) is 0 Å². The van der Waals surface area contributed by atoms with Gasteiger partial charge < -0.3 is 4.90 Å². The van der Waals surface area contributed by atoms with Crippen LogP contribution in [0.15, 0.2) is 6.07 Å². The van der Waals surface area contributed by atoms with Crippen LogP contribution in [0.1, 0.15) is 49.8 Å². The standard InChI is InChI=1S/C16H27N3OS/c1-5-19-15(11-13(17-19)10-12(2)3)16(20)18(4)14-6-8-21-9-7-14/h11-12,14H,5-10H2,1-4H3. The predicted octanol–water partition coefficient (Wildman–Crippen LogP) is 3.07. The summed E-state index contributed by atoms with van der Waals surface area (Å²) >= 11 is 1.99. The SMILES string of the molecule is CCn1nc(CC(C)C)cc1C(=O)N(C)C1CCSCC1. The van der Waals surface area contributed by atoms with E-state index < -0.39 is 0 Å². The van der Waals surface area contributed by atoms with Crippen LogP contribution in [0.4, 0.5) is 0 Å². The zero-order valence-electron chi connectivity index (χ0n) is 13.6. The van der Waals surface area contributed by atoms with Crippen molar-refractivity contribution in [2.24, 2.45) is 5.92 Å². The van der Waals surface area contributed by atoms with Crippen molar-refractivity contribution >= 4 is 17.7 Å². The number of aromatic nitrogens is 2. The molecule has 1 saturated heterocycles. The monoisotopic (exact) mass is 309 g/mol. The molecule has 1 amide bonds. The Morgan fingerprint density at radius 2 is 2.14 bits per heavy atom. The van der Waals surface area contributed by atoms with E-state index in [0.29, 0.717) is 12.0 Å². The lowest BCUT2D eigenvalue weighted by atomic mass is 10.1. The van der Waals surface area contributed by atoms with Gasteiger partial charge in [-0.1, -0.05) is 13.8 Å². The van der Waals surface area contributed by atoms with Gasteiger partial charge >= 0.3 is 0 Å². The van der Waals surface area contributed by atoms with Gasteiger partial charge in [-0.2, -0.15) is 16.9 Å². The Labute approximate surface area is 132 Å². The Bertz CT molecular complexity index is 478. The second-order valence-electron chi connectivity index (χ2n) is 6.19. The number of nitrogens with zero attached hydrogens (tertiary/aromatic N) is 3. The van der Waals surface area contributed by atoms with Crippen LogP contribution >= 0.6 is 11.8 Å². The second kappa shape index (κ2) is 7.34. The van der Waals surface area contributed by atoms with Crippen LogP contribution in [0, 0.1) is 5.92 Å². The Kier molecular flexibility index (Phi) is 5.73. The van der Waals surface area contributed by atoms with Gasteiger partial charge in [0.2, 0.25) is 0 Å². The minimum Gasteiger partial charge on any atom is -0.337 e. The van der Waals surface area contributed by atoms with Crippen molar-refractivity contribution in [3.05, 3.63) is 17.5 Å². The van der Waals surface area contributed by atoms with E-state index >= 15 is 0 Å². The van der Waals surface area contributed by atoms with Crippen LogP contribution in [-0.2, 0) is 13.0 Å². The molecule has 0 unspecified atom stereocenters. The van der Waals surface area contributed by atoms with Crippen molar-refractivity contribution in [3.63, 3.8) is 0 Å². The Hall–Kier alpha value is -0.970. The normalized spacial score (nSPS) is 16.4. The molecule has 4 nitrogen and oxygen atoms in total. The van der Waals surface area contributed by atoms with Gasteiger partial charge in [0.1, 0.15) is 5.69 Å². The van der Waals surface area contributed by atoms with Crippen LogP contribution in [-0.4, -0.2) is 45.2 Å². The fourth-order valence-corrected chi connectivity index (χ4v) is 3.90. The predicted molar refractivity (Wildman–Crippen MR) is 88.9 cm³/mol. The summed E-state index contributed by atoms with van der Waals surface area (Å²) < 4.78 is 1.86. The largest absolute Gasteiger partial charge is 0.337 e. The van der Waals surface area contributed by atoms with Crippen LogP contribution in [0.25, 0.3) is 0 Å². The van der Waals surface area contributed by atoms with Crippen LogP contribution in [0.2, 0.25) is 0 Å². The fraction of sp³-hybridized carbons (Fsp3) is 0.750. The molecule has 0 bridgehead atoms. The van der Waals surface area contributed by atoms with Crippen LogP contribution in [0.5, 0.6) is 0 Å². The van der Waals surface area contributed by atoms with E-state index in [1.165, 1.54) is 0 Å². The third-order valence-electron chi connectivity index (χ3n) is 4.03. The van der Waals surface area contributed by atoms with Crippen LogP contribution < -0.4 is 0 Å². The summed E-state index contributed by atoms with van der Waals surface area (Å²) in [6, 6.07) is 2.37. The average molecular weight is 309 g/mol. The van der Waals surface area contributed by atoms with Gasteiger partial charge in [-0.3, -0.25) is 9.48 Å². The smallest absolute Gasteiger partial charge is 0.272 e. The van der Waals surface area contributed by atoms with Gasteiger partial charge in [0.05, 0.1) is 5.69 Å². The highest BCUT2D eigenvalue weighted by Crippen LogP contribution is 2.22. The highest BCUT2D eigenvalue weighted by molar-refractivity contribution is 7.99. The van der Waals surface area contributed by atoms with Crippen molar-refractivity contribution in [2.45, 2.75) is 52.6 Å². The van der Waals surface area contributed by atoms with Gasteiger partial charge in [-0.15, -0.1) is 0 Å². The summed E-state index contributed by atoms with van der Waals surface area (Å²) in [7, 11) is 1.94. The first-order valence-corrected chi connectivity index (χ1v) is 9.10. The van der Waals surface area contributed by atoms with Crippen molar-refractivity contribution in [2.75, 3.05) is 18.6 Å². The first-order valence-electron chi connectivity index (χ1n) is 7.94. The van der Waals surface area contributed by atoms with Gasteiger partial charge in [0.25, 0.3) is 5.91 Å². The molecule has 2 heterocycles. The van der Waals surface area contributed by atoms with Gasteiger partial charge in [0.15, 0.2) is 0 Å². The second-order valence-corrected chi connectivity index (χ2v) is 7.42. The molecule has 1 aliphatic rings. The number of hydrogen-bond donors (Lipinski definition) is 0. The maximum Gasteiger partial charge on any atom is 0.272 e. The molecule has 0 aromatic carbocycles. The van der Waals surface area contributed by atoms with Crippen molar-refractivity contribution < 1.29 is 4.79 Å². The first-order chi connectivity index (χ1) is 10.0. The number of rotatable bonds is 5. The molecule has 0 radical (unpaired) electrons. The zero-order chi connectivity index (χ0) is 15.4. The van der Waals surface area contributed by atoms with Crippen molar-refractivity contribution in [3.8, 4) is 0 Å². The summed E-state index contributed by atoms with van der Waals surface area (Å²) in [5, 5.41) is 4.58. The van der Waals surface area contributed by atoms with E-state index in [2.05, 4.69) is 18.9 Å². The van der Waals surface area contributed by atoms with Crippen LogP contribution in [0.3, 0.4) is 0 Å². The molecule has 1 aromatic heterocycles. The maximum absolute atomic E-state index is 12.8. The number of aryl methyl sites for hydroxylation is 1. The van der Waals surface area contributed by atoms with Gasteiger partial charge in [0, 0.05) is 19.6 Å². The van der Waals surface area contributed by atoms with Crippen molar-refractivity contribution in [1.29, 1.82) is 0 Å². The summed E-state index contributed by atoms with van der Waals surface area (Å²) in [5.41, 5.74) is 1.77. The Balaban J connectivity index is 2.14. The first kappa shape index (κ1) is 16.4. The van der Waals surface area contributed by atoms with Gasteiger partial charge in [-0.05, 0) is 49.7 Å². The lowest BCUT2D eigenvalue weighted by molar-refractivity contribution is 0.0711. The molecule has 0 saturated carbocycles. The summed E-state index contributed by atoms with van der Waals surface area (Å²) in [4.78, 5) is 14.7. The number of thioether (sulfide) groups is 1. The molecule has 21 heavy (non-hydrogen) atoms. The van der Waals surface area contributed by atoms with E-state index in [0.717, 1.165) is 48.7 Å². The molecule has 0 atom stereocenters. The third kappa shape index (κ3) is 4.02. The molecule has 1 fully saturated rings. The number of amides is 1. The minimum absolute atomic E-state index is 0.122. The molecular formula is C16H27N3OS. The summed E-state index contributed by atoms with van der Waals surface area (Å²) in [5.74, 6) is 3.00. The molecule has 118 valence electrons.